The van der Waals surface area contributed by atoms with Gasteiger partial charge in [-0.1, -0.05) is 0 Å². The Hall–Kier alpha value is -1.51. The number of aromatic nitrogens is 5. The minimum atomic E-state index is 0.0627. The molecule has 0 radical (unpaired) electrons. The minimum Gasteiger partial charge on any atom is -0.370 e. The van der Waals surface area contributed by atoms with Gasteiger partial charge in [0.1, 0.15) is 22.3 Å². The lowest BCUT2D eigenvalue weighted by Crippen LogP contribution is -1.97. The third kappa shape index (κ3) is 2.36. The van der Waals surface area contributed by atoms with Crippen molar-refractivity contribution >= 4 is 33.3 Å². The highest BCUT2D eigenvalue weighted by Crippen LogP contribution is 2.41. The molecule has 0 bridgehead atoms. The van der Waals surface area contributed by atoms with Gasteiger partial charge in [0.2, 0.25) is 5.16 Å². The first-order valence-corrected chi connectivity index (χ1v) is 9.49. The van der Waals surface area contributed by atoms with Gasteiger partial charge in [-0.25, -0.2) is 15.0 Å². The Kier molecular flexibility index (Phi) is 3.34. The second-order valence-electron chi connectivity index (χ2n) is 5.82. The molecule has 0 amide bonds. The molecule has 1 aliphatic heterocycles. The molecule has 6 nitrogen and oxygen atoms in total. The molecule has 8 heteroatoms. The SMILES string of the molecule is c1nc(Sc2n[nH]c([C@@H]3CCCO3)n2)c2c3c(sc2n1)CCC3. The van der Waals surface area contributed by atoms with Crippen molar-refractivity contribution in [1.82, 2.24) is 25.1 Å². The average Bonchev–Trinajstić information content (AvgIpc) is 3.31. The third-order valence-electron chi connectivity index (χ3n) is 4.37. The van der Waals surface area contributed by atoms with E-state index in [1.54, 1.807) is 17.7 Å². The summed E-state index contributed by atoms with van der Waals surface area (Å²) >= 11 is 3.32. The van der Waals surface area contributed by atoms with Crippen LogP contribution in [-0.4, -0.2) is 31.8 Å². The number of nitrogens with zero attached hydrogens (tertiary/aromatic N) is 4. The zero-order chi connectivity index (χ0) is 15.2. The maximum atomic E-state index is 5.65. The highest BCUT2D eigenvalue weighted by atomic mass is 32.2. The molecule has 1 N–H and O–H groups in total. The molecule has 0 unspecified atom stereocenters. The van der Waals surface area contributed by atoms with E-state index in [1.165, 1.54) is 40.4 Å². The molecule has 23 heavy (non-hydrogen) atoms. The summed E-state index contributed by atoms with van der Waals surface area (Å²) in [7, 11) is 0. The number of aryl methyl sites for hydroxylation is 2. The molecule has 0 aromatic carbocycles. The number of thiophene rings is 1. The van der Waals surface area contributed by atoms with Crippen LogP contribution in [0.2, 0.25) is 0 Å². The normalized spacial score (nSPS) is 20.4. The summed E-state index contributed by atoms with van der Waals surface area (Å²) < 4.78 is 5.65. The van der Waals surface area contributed by atoms with Gasteiger partial charge in [-0.2, -0.15) is 0 Å². The van der Waals surface area contributed by atoms with Gasteiger partial charge in [0, 0.05) is 16.9 Å². The number of hydrogen-bond donors (Lipinski definition) is 1. The smallest absolute Gasteiger partial charge is 0.214 e. The molecular formula is C15H15N5OS2. The molecule has 5 rings (SSSR count). The fourth-order valence-corrected chi connectivity index (χ4v) is 5.43. The number of ether oxygens (including phenoxy) is 1. The van der Waals surface area contributed by atoms with Gasteiger partial charge in [0.25, 0.3) is 0 Å². The van der Waals surface area contributed by atoms with Crippen molar-refractivity contribution in [3.8, 4) is 0 Å². The van der Waals surface area contributed by atoms with Crippen LogP contribution in [0.15, 0.2) is 16.5 Å². The van der Waals surface area contributed by atoms with E-state index in [2.05, 4.69) is 25.1 Å². The van der Waals surface area contributed by atoms with E-state index in [1.807, 2.05) is 0 Å². The van der Waals surface area contributed by atoms with Crippen LogP contribution in [0.4, 0.5) is 0 Å². The first-order chi connectivity index (χ1) is 11.4. The Balaban J connectivity index is 1.49. The molecule has 3 aromatic heterocycles. The fraction of sp³-hybridized carbons (Fsp3) is 0.467. The van der Waals surface area contributed by atoms with Crippen molar-refractivity contribution in [1.29, 1.82) is 0 Å². The summed E-state index contributed by atoms with van der Waals surface area (Å²) in [6, 6.07) is 0. The largest absolute Gasteiger partial charge is 0.370 e. The lowest BCUT2D eigenvalue weighted by molar-refractivity contribution is 0.105. The summed E-state index contributed by atoms with van der Waals surface area (Å²) in [6.07, 6.45) is 7.34. The molecule has 2 aliphatic rings. The van der Waals surface area contributed by atoms with Gasteiger partial charge in [-0.3, -0.25) is 5.10 Å². The predicted octanol–water partition coefficient (Wildman–Crippen LogP) is 3.30. The summed E-state index contributed by atoms with van der Waals surface area (Å²) in [5.41, 5.74) is 1.43. The van der Waals surface area contributed by atoms with Crippen molar-refractivity contribution < 1.29 is 4.74 Å². The second kappa shape index (κ2) is 5.54. The van der Waals surface area contributed by atoms with Gasteiger partial charge >= 0.3 is 0 Å². The van der Waals surface area contributed by atoms with Gasteiger partial charge in [-0.05, 0) is 49.4 Å². The average molecular weight is 345 g/mol. The van der Waals surface area contributed by atoms with Crippen LogP contribution in [0.3, 0.4) is 0 Å². The quantitative estimate of drug-likeness (QED) is 0.734. The topological polar surface area (TPSA) is 76.6 Å². The number of H-pyrrole nitrogens is 1. The van der Waals surface area contributed by atoms with E-state index in [4.69, 9.17) is 4.74 Å². The Morgan fingerprint density at radius 1 is 1.26 bits per heavy atom. The Bertz CT molecular complexity index is 868. The first kappa shape index (κ1) is 13.9. The summed E-state index contributed by atoms with van der Waals surface area (Å²) in [6.45, 7) is 0.807. The van der Waals surface area contributed by atoms with Crippen LogP contribution in [-0.2, 0) is 17.6 Å². The molecule has 1 fully saturated rings. The maximum absolute atomic E-state index is 5.65. The lowest BCUT2D eigenvalue weighted by atomic mass is 10.2. The van der Waals surface area contributed by atoms with Crippen LogP contribution >= 0.6 is 23.1 Å². The summed E-state index contributed by atoms with van der Waals surface area (Å²) in [5.74, 6) is 0.825. The second-order valence-corrected chi connectivity index (χ2v) is 7.86. The first-order valence-electron chi connectivity index (χ1n) is 7.85. The standard InChI is InChI=1S/C15H15N5OS2/c1-3-8-10(5-1)22-13-11(8)14(17-7-16-13)23-15-18-12(19-20-15)9-4-2-6-21-9/h7,9H,1-6H2,(H,18,19,20)/t9-/m0/s1. The van der Waals surface area contributed by atoms with Gasteiger partial charge in [0.05, 0.1) is 0 Å². The Labute approximate surface area is 141 Å². The molecule has 1 saturated heterocycles. The van der Waals surface area contributed by atoms with Crippen LogP contribution in [0.5, 0.6) is 0 Å². The third-order valence-corrected chi connectivity index (χ3v) is 6.44. The van der Waals surface area contributed by atoms with Crippen LogP contribution in [0.1, 0.15) is 41.6 Å². The summed E-state index contributed by atoms with van der Waals surface area (Å²) in [4.78, 5) is 16.1. The zero-order valence-electron chi connectivity index (χ0n) is 12.4. The zero-order valence-corrected chi connectivity index (χ0v) is 14.0. The Morgan fingerprint density at radius 3 is 3.17 bits per heavy atom. The van der Waals surface area contributed by atoms with Crippen molar-refractivity contribution in [2.45, 2.75) is 48.4 Å². The van der Waals surface area contributed by atoms with E-state index in [-0.39, 0.29) is 6.10 Å². The molecule has 0 spiro atoms. The van der Waals surface area contributed by atoms with Crippen molar-refractivity contribution in [3.63, 3.8) is 0 Å². The van der Waals surface area contributed by atoms with Crippen molar-refractivity contribution in [2.24, 2.45) is 0 Å². The van der Waals surface area contributed by atoms with Gasteiger partial charge in [-0.15, -0.1) is 16.4 Å². The lowest BCUT2D eigenvalue weighted by Gasteiger charge is -2.03. The predicted molar refractivity (Wildman–Crippen MR) is 87.9 cm³/mol. The molecule has 3 aromatic rings. The van der Waals surface area contributed by atoms with Crippen LogP contribution in [0, 0.1) is 0 Å². The molecular weight excluding hydrogens is 330 g/mol. The van der Waals surface area contributed by atoms with E-state index in [0.717, 1.165) is 41.6 Å². The maximum Gasteiger partial charge on any atom is 0.214 e. The fourth-order valence-electron chi connectivity index (χ4n) is 3.30. The number of fused-ring (bicyclic) bond motifs is 3. The molecule has 1 aliphatic carbocycles. The van der Waals surface area contributed by atoms with Crippen LogP contribution < -0.4 is 0 Å². The Morgan fingerprint density at radius 2 is 2.26 bits per heavy atom. The van der Waals surface area contributed by atoms with Crippen molar-refractivity contribution in [2.75, 3.05) is 6.61 Å². The highest BCUT2D eigenvalue weighted by Gasteiger charge is 2.24. The molecule has 4 heterocycles. The summed E-state index contributed by atoms with van der Waals surface area (Å²) in [5, 5.41) is 10.2. The minimum absolute atomic E-state index is 0.0627. The van der Waals surface area contributed by atoms with E-state index < -0.39 is 0 Å². The molecule has 118 valence electrons. The molecule has 1 atom stereocenters. The number of nitrogens with one attached hydrogen (secondary N) is 1. The van der Waals surface area contributed by atoms with E-state index in [9.17, 15) is 0 Å². The van der Waals surface area contributed by atoms with Crippen LogP contribution in [0.25, 0.3) is 10.2 Å². The van der Waals surface area contributed by atoms with Gasteiger partial charge in [0.15, 0.2) is 5.82 Å². The van der Waals surface area contributed by atoms with Crippen molar-refractivity contribution in [3.05, 3.63) is 22.6 Å². The highest BCUT2D eigenvalue weighted by molar-refractivity contribution is 7.99. The van der Waals surface area contributed by atoms with Gasteiger partial charge < -0.3 is 4.74 Å². The molecule has 0 saturated carbocycles. The number of rotatable bonds is 3. The number of hydrogen-bond acceptors (Lipinski definition) is 7. The number of aromatic amines is 1. The van der Waals surface area contributed by atoms with E-state index in [0.29, 0.717) is 5.16 Å². The van der Waals surface area contributed by atoms with E-state index >= 15 is 0 Å². The monoisotopic (exact) mass is 345 g/mol.